The molecule has 3 aromatic rings. The van der Waals surface area contributed by atoms with Gasteiger partial charge < -0.3 is 14.8 Å². The number of hydrogen-bond acceptors (Lipinski definition) is 3. The Morgan fingerprint density at radius 2 is 1.68 bits per heavy atom. The summed E-state index contributed by atoms with van der Waals surface area (Å²) in [4.78, 5) is 23.2. The maximum Gasteiger partial charge on any atom is 0.335 e. The van der Waals surface area contributed by atoms with E-state index in [0.29, 0.717) is 28.3 Å². The summed E-state index contributed by atoms with van der Waals surface area (Å²) in [5, 5.41) is 11.6. The summed E-state index contributed by atoms with van der Waals surface area (Å²) in [6.07, 6.45) is 0. The molecule has 25 heavy (non-hydrogen) atoms. The van der Waals surface area contributed by atoms with Crippen LogP contribution in [0.2, 0.25) is 0 Å². The molecule has 3 rings (SSSR count). The van der Waals surface area contributed by atoms with Gasteiger partial charge in [-0.1, -0.05) is 0 Å². The van der Waals surface area contributed by atoms with Gasteiger partial charge in [0.15, 0.2) is 0 Å². The lowest BCUT2D eigenvalue weighted by Gasteiger charge is -2.04. The number of aryl methyl sites for hydroxylation is 1. The summed E-state index contributed by atoms with van der Waals surface area (Å²) >= 11 is 0. The minimum absolute atomic E-state index is 0.135. The van der Waals surface area contributed by atoms with Gasteiger partial charge in [-0.15, -0.1) is 0 Å². The number of carboxylic acids is 1. The number of furan rings is 1. The van der Waals surface area contributed by atoms with Gasteiger partial charge in [0.25, 0.3) is 5.91 Å². The van der Waals surface area contributed by atoms with E-state index in [0.717, 1.165) is 0 Å². The lowest BCUT2D eigenvalue weighted by molar-refractivity contribution is 0.0696. The number of rotatable bonds is 4. The third kappa shape index (κ3) is 3.58. The zero-order valence-corrected chi connectivity index (χ0v) is 13.2. The second-order valence-electron chi connectivity index (χ2n) is 5.42. The average Bonchev–Trinajstić information content (AvgIpc) is 2.98. The fourth-order valence-electron chi connectivity index (χ4n) is 2.36. The van der Waals surface area contributed by atoms with E-state index in [1.54, 1.807) is 25.1 Å². The van der Waals surface area contributed by atoms with E-state index in [1.165, 1.54) is 36.4 Å². The summed E-state index contributed by atoms with van der Waals surface area (Å²) in [5.41, 5.74) is 1.62. The average molecular weight is 339 g/mol. The Bertz CT molecular complexity index is 927. The molecule has 0 bridgehead atoms. The number of hydrogen-bond donors (Lipinski definition) is 2. The summed E-state index contributed by atoms with van der Waals surface area (Å²) in [6.45, 7) is 1.66. The minimum atomic E-state index is -1.03. The van der Waals surface area contributed by atoms with E-state index < -0.39 is 5.97 Å². The van der Waals surface area contributed by atoms with E-state index in [4.69, 9.17) is 9.52 Å². The first-order valence-corrected chi connectivity index (χ1v) is 7.45. The molecule has 0 saturated heterocycles. The molecule has 1 aromatic heterocycles. The van der Waals surface area contributed by atoms with Crippen LogP contribution in [0.15, 0.2) is 59.0 Å². The second kappa shape index (κ2) is 6.60. The number of amides is 1. The van der Waals surface area contributed by atoms with Crippen molar-refractivity contribution in [1.82, 2.24) is 0 Å². The lowest BCUT2D eigenvalue weighted by atomic mass is 10.1. The Balaban J connectivity index is 1.80. The van der Waals surface area contributed by atoms with E-state index in [1.807, 2.05) is 0 Å². The smallest absolute Gasteiger partial charge is 0.335 e. The lowest BCUT2D eigenvalue weighted by Crippen LogP contribution is -2.12. The summed E-state index contributed by atoms with van der Waals surface area (Å²) in [7, 11) is 0. The van der Waals surface area contributed by atoms with Crippen molar-refractivity contribution in [2.75, 3.05) is 5.32 Å². The normalized spacial score (nSPS) is 10.5. The predicted octanol–water partition coefficient (Wildman–Crippen LogP) is 4.34. The van der Waals surface area contributed by atoms with Gasteiger partial charge in [-0.3, -0.25) is 4.79 Å². The monoisotopic (exact) mass is 339 g/mol. The maximum absolute atomic E-state index is 13.0. The van der Waals surface area contributed by atoms with Crippen LogP contribution in [0.25, 0.3) is 11.3 Å². The van der Waals surface area contributed by atoms with Crippen LogP contribution in [-0.2, 0) is 0 Å². The fourth-order valence-corrected chi connectivity index (χ4v) is 2.36. The molecular weight excluding hydrogens is 325 g/mol. The number of carboxylic acid groups (broad SMARTS) is 1. The highest BCUT2D eigenvalue weighted by Gasteiger charge is 2.16. The molecule has 0 unspecified atom stereocenters. The second-order valence-corrected chi connectivity index (χ2v) is 5.42. The topological polar surface area (TPSA) is 79.5 Å². The van der Waals surface area contributed by atoms with Crippen molar-refractivity contribution in [3.63, 3.8) is 0 Å². The summed E-state index contributed by atoms with van der Waals surface area (Å²) in [6, 6.07) is 13.2. The molecule has 0 saturated carbocycles. The van der Waals surface area contributed by atoms with Gasteiger partial charge in [0.05, 0.1) is 11.1 Å². The first-order valence-electron chi connectivity index (χ1n) is 7.45. The van der Waals surface area contributed by atoms with Gasteiger partial charge in [0.1, 0.15) is 17.3 Å². The molecule has 0 atom stereocenters. The van der Waals surface area contributed by atoms with Crippen LogP contribution >= 0.6 is 0 Å². The van der Waals surface area contributed by atoms with Gasteiger partial charge in [0, 0.05) is 11.3 Å². The maximum atomic E-state index is 13.0. The van der Waals surface area contributed by atoms with Gasteiger partial charge in [0.2, 0.25) is 0 Å². The zero-order valence-electron chi connectivity index (χ0n) is 13.2. The number of anilines is 1. The Morgan fingerprint density at radius 1 is 1.04 bits per heavy atom. The number of carbonyl (C=O) groups excluding carboxylic acids is 1. The fraction of sp³-hybridized carbons (Fsp3) is 0.0526. The highest BCUT2D eigenvalue weighted by atomic mass is 19.1. The Hall–Kier alpha value is -3.41. The molecule has 2 N–H and O–H groups in total. The molecule has 0 aliphatic rings. The van der Waals surface area contributed by atoms with Gasteiger partial charge in [-0.05, 0) is 61.5 Å². The number of benzene rings is 2. The first-order chi connectivity index (χ1) is 11.9. The van der Waals surface area contributed by atoms with E-state index in [-0.39, 0.29) is 17.3 Å². The molecule has 0 fully saturated rings. The highest BCUT2D eigenvalue weighted by molar-refractivity contribution is 6.05. The molecule has 126 valence electrons. The molecule has 6 heteroatoms. The number of aromatic carboxylic acids is 1. The molecule has 0 aliphatic carbocycles. The van der Waals surface area contributed by atoms with E-state index in [9.17, 15) is 14.0 Å². The zero-order chi connectivity index (χ0) is 18.0. The van der Waals surface area contributed by atoms with Gasteiger partial charge >= 0.3 is 5.97 Å². The number of halogens is 1. The van der Waals surface area contributed by atoms with Crippen LogP contribution in [0.5, 0.6) is 0 Å². The third-order valence-corrected chi connectivity index (χ3v) is 3.68. The van der Waals surface area contributed by atoms with Crippen LogP contribution in [0.4, 0.5) is 10.1 Å². The molecule has 0 spiro atoms. The minimum Gasteiger partial charge on any atom is -0.478 e. The number of nitrogens with one attached hydrogen (secondary N) is 1. The quantitative estimate of drug-likeness (QED) is 0.741. The Labute approximate surface area is 142 Å². The molecule has 0 radical (unpaired) electrons. The highest BCUT2D eigenvalue weighted by Crippen LogP contribution is 2.26. The van der Waals surface area contributed by atoms with Crippen molar-refractivity contribution < 1.29 is 23.5 Å². The van der Waals surface area contributed by atoms with E-state index >= 15 is 0 Å². The van der Waals surface area contributed by atoms with Crippen molar-refractivity contribution in [1.29, 1.82) is 0 Å². The van der Waals surface area contributed by atoms with Crippen LogP contribution in [0.1, 0.15) is 26.5 Å². The third-order valence-electron chi connectivity index (χ3n) is 3.68. The van der Waals surface area contributed by atoms with Crippen LogP contribution in [0.3, 0.4) is 0 Å². The van der Waals surface area contributed by atoms with Crippen molar-refractivity contribution in [3.05, 3.63) is 77.3 Å². The largest absolute Gasteiger partial charge is 0.478 e. The molecule has 2 aromatic carbocycles. The van der Waals surface area contributed by atoms with E-state index in [2.05, 4.69) is 5.32 Å². The molecule has 1 heterocycles. The standard InChI is InChI=1S/C19H14FNO4/c1-11-16(10-17(25-11)12-2-6-14(20)7-3-12)18(22)21-15-8-4-13(5-9-15)19(23)24/h2-10H,1H3,(H,21,22)(H,23,24). The first kappa shape index (κ1) is 16.4. The predicted molar refractivity (Wildman–Crippen MR) is 90.2 cm³/mol. The van der Waals surface area contributed by atoms with Crippen LogP contribution in [0, 0.1) is 12.7 Å². The van der Waals surface area contributed by atoms with Crippen molar-refractivity contribution >= 4 is 17.6 Å². The van der Waals surface area contributed by atoms with Crippen molar-refractivity contribution in [3.8, 4) is 11.3 Å². The summed E-state index contributed by atoms with van der Waals surface area (Å²) < 4.78 is 18.6. The van der Waals surface area contributed by atoms with Crippen LogP contribution < -0.4 is 5.32 Å². The van der Waals surface area contributed by atoms with Crippen LogP contribution in [-0.4, -0.2) is 17.0 Å². The summed E-state index contributed by atoms with van der Waals surface area (Å²) in [5.74, 6) is -0.872. The number of carbonyl (C=O) groups is 2. The van der Waals surface area contributed by atoms with Gasteiger partial charge in [-0.25, -0.2) is 9.18 Å². The molecule has 0 aliphatic heterocycles. The Kier molecular flexibility index (Phi) is 4.35. The molecule has 5 nitrogen and oxygen atoms in total. The van der Waals surface area contributed by atoms with Crippen molar-refractivity contribution in [2.45, 2.75) is 6.92 Å². The molecular formula is C19H14FNO4. The molecule has 1 amide bonds. The SMILES string of the molecule is Cc1oc(-c2ccc(F)cc2)cc1C(=O)Nc1ccc(C(=O)O)cc1. The van der Waals surface area contributed by atoms with Gasteiger partial charge in [-0.2, -0.15) is 0 Å². The Morgan fingerprint density at radius 3 is 2.28 bits per heavy atom. The van der Waals surface area contributed by atoms with Crippen molar-refractivity contribution in [2.24, 2.45) is 0 Å².